The molecule has 2 aliphatic carbocycles. The Morgan fingerprint density at radius 3 is 2.82 bits per heavy atom. The number of allylic oxidation sites excluding steroid dienone is 4. The first-order chi connectivity index (χ1) is 7.95. The number of fused-ring (bicyclic) bond motifs is 3. The van der Waals surface area contributed by atoms with Crippen LogP contribution < -0.4 is 0 Å². The Morgan fingerprint density at radius 1 is 1.29 bits per heavy atom. The molecule has 2 aliphatic rings. The van der Waals surface area contributed by atoms with E-state index in [1.165, 1.54) is 5.57 Å². The molecule has 2 nitrogen and oxygen atoms in total. The molecule has 0 aromatic carbocycles. The van der Waals surface area contributed by atoms with Gasteiger partial charge in [-0.05, 0) is 36.5 Å². The van der Waals surface area contributed by atoms with Gasteiger partial charge < -0.3 is 4.42 Å². The summed E-state index contributed by atoms with van der Waals surface area (Å²) < 4.78 is 5.58. The van der Waals surface area contributed by atoms with Gasteiger partial charge in [0.2, 0.25) is 0 Å². The van der Waals surface area contributed by atoms with Crippen LogP contribution in [-0.2, 0) is 5.41 Å². The molecule has 0 radical (unpaired) electrons. The number of rotatable bonds is 0. The van der Waals surface area contributed by atoms with E-state index in [9.17, 15) is 4.79 Å². The molecule has 0 fully saturated rings. The summed E-state index contributed by atoms with van der Waals surface area (Å²) in [6.07, 6.45) is 8.75. The van der Waals surface area contributed by atoms with Crippen LogP contribution in [0.25, 0.3) is 0 Å². The van der Waals surface area contributed by atoms with E-state index in [2.05, 4.69) is 32.9 Å². The first kappa shape index (κ1) is 10.6. The van der Waals surface area contributed by atoms with Crippen LogP contribution in [0.1, 0.15) is 43.3 Å². The highest BCUT2D eigenvalue weighted by Crippen LogP contribution is 2.51. The molecule has 0 spiro atoms. The molecule has 0 aliphatic heterocycles. The summed E-state index contributed by atoms with van der Waals surface area (Å²) >= 11 is 0. The lowest BCUT2D eigenvalue weighted by Gasteiger charge is -2.43. The van der Waals surface area contributed by atoms with Crippen molar-refractivity contribution in [2.45, 2.75) is 32.6 Å². The van der Waals surface area contributed by atoms with Crippen molar-refractivity contribution in [1.82, 2.24) is 0 Å². The second-order valence-electron chi connectivity index (χ2n) is 5.78. The predicted molar refractivity (Wildman–Crippen MR) is 66.0 cm³/mol. The maximum absolute atomic E-state index is 12.1. The lowest BCUT2D eigenvalue weighted by molar-refractivity contribution is 0.103. The maximum Gasteiger partial charge on any atom is 0.189 e. The molecule has 0 bridgehead atoms. The van der Waals surface area contributed by atoms with E-state index in [-0.39, 0.29) is 16.6 Å². The molecule has 0 saturated heterocycles. The number of hydrogen-bond acceptors (Lipinski definition) is 2. The standard InChI is InChI=1S/C15H16O2/c1-14(2)6-4-7-15(3)12(14)9-11(16)10-5-8-17-13(10)15/h4-5,7-9H,6H2,1-3H3/t15-/m0/s1. The Labute approximate surface area is 101 Å². The quantitative estimate of drug-likeness (QED) is 0.634. The molecule has 2 heteroatoms. The molecule has 1 aromatic heterocycles. The van der Waals surface area contributed by atoms with Crippen molar-refractivity contribution >= 4 is 5.78 Å². The van der Waals surface area contributed by atoms with Crippen LogP contribution in [0.15, 0.2) is 40.5 Å². The lowest BCUT2D eigenvalue weighted by atomic mass is 9.60. The molecule has 0 amide bonds. The van der Waals surface area contributed by atoms with Gasteiger partial charge in [-0.2, -0.15) is 0 Å². The minimum atomic E-state index is -0.255. The number of hydrogen-bond donors (Lipinski definition) is 0. The normalized spacial score (nSPS) is 29.6. The SMILES string of the molecule is CC1(C)CC=C[C@@]2(C)C1=CC(=O)c1ccoc12. The van der Waals surface area contributed by atoms with Gasteiger partial charge in [-0.25, -0.2) is 0 Å². The molecule has 0 N–H and O–H groups in total. The van der Waals surface area contributed by atoms with Crippen LogP contribution in [0.2, 0.25) is 0 Å². The highest BCUT2D eigenvalue weighted by Gasteiger charge is 2.46. The van der Waals surface area contributed by atoms with Gasteiger partial charge in [0.25, 0.3) is 0 Å². The van der Waals surface area contributed by atoms with E-state index in [0.29, 0.717) is 5.56 Å². The second kappa shape index (κ2) is 3.00. The smallest absolute Gasteiger partial charge is 0.189 e. The van der Waals surface area contributed by atoms with Gasteiger partial charge in [-0.3, -0.25) is 4.79 Å². The Bertz CT molecular complexity index is 557. The number of carbonyl (C=O) groups is 1. The van der Waals surface area contributed by atoms with Gasteiger partial charge in [0.1, 0.15) is 5.76 Å². The zero-order chi connectivity index (χ0) is 12.3. The van der Waals surface area contributed by atoms with E-state index < -0.39 is 0 Å². The van der Waals surface area contributed by atoms with Crippen molar-refractivity contribution in [1.29, 1.82) is 0 Å². The van der Waals surface area contributed by atoms with Crippen molar-refractivity contribution in [3.63, 3.8) is 0 Å². The minimum Gasteiger partial charge on any atom is -0.467 e. The van der Waals surface area contributed by atoms with Gasteiger partial charge in [-0.15, -0.1) is 0 Å². The first-order valence-corrected chi connectivity index (χ1v) is 5.98. The summed E-state index contributed by atoms with van der Waals surface area (Å²) in [5, 5.41) is 0. The summed E-state index contributed by atoms with van der Waals surface area (Å²) in [4.78, 5) is 12.1. The fourth-order valence-electron chi connectivity index (χ4n) is 3.15. The number of ketones is 1. The summed E-state index contributed by atoms with van der Waals surface area (Å²) in [6, 6.07) is 1.77. The van der Waals surface area contributed by atoms with E-state index >= 15 is 0 Å². The summed E-state index contributed by atoms with van der Waals surface area (Å²) in [6.45, 7) is 6.49. The third-order valence-electron chi connectivity index (χ3n) is 4.05. The molecule has 0 saturated carbocycles. The molecule has 17 heavy (non-hydrogen) atoms. The molecule has 1 aromatic rings. The van der Waals surface area contributed by atoms with Crippen molar-refractivity contribution in [3.05, 3.63) is 47.5 Å². The molecule has 1 heterocycles. The average Bonchev–Trinajstić information content (AvgIpc) is 2.71. The zero-order valence-electron chi connectivity index (χ0n) is 10.4. The van der Waals surface area contributed by atoms with Crippen molar-refractivity contribution in [2.24, 2.45) is 5.41 Å². The maximum atomic E-state index is 12.1. The Balaban J connectivity index is 2.31. The van der Waals surface area contributed by atoms with Gasteiger partial charge in [0, 0.05) is 0 Å². The molecule has 88 valence electrons. The van der Waals surface area contributed by atoms with Crippen molar-refractivity contribution < 1.29 is 9.21 Å². The van der Waals surface area contributed by atoms with Crippen LogP contribution in [0, 0.1) is 5.41 Å². The fraction of sp³-hybridized carbons (Fsp3) is 0.400. The third-order valence-corrected chi connectivity index (χ3v) is 4.05. The van der Waals surface area contributed by atoms with Crippen LogP contribution in [0.5, 0.6) is 0 Å². The van der Waals surface area contributed by atoms with Gasteiger partial charge in [0.15, 0.2) is 5.78 Å². The van der Waals surface area contributed by atoms with Gasteiger partial charge >= 0.3 is 0 Å². The van der Waals surface area contributed by atoms with Crippen LogP contribution in [0.4, 0.5) is 0 Å². The summed E-state index contributed by atoms with van der Waals surface area (Å²) in [7, 11) is 0. The van der Waals surface area contributed by atoms with Crippen LogP contribution in [0.3, 0.4) is 0 Å². The summed E-state index contributed by atoms with van der Waals surface area (Å²) in [5.74, 6) is 0.869. The molecule has 3 rings (SSSR count). The Morgan fingerprint density at radius 2 is 2.06 bits per heavy atom. The zero-order valence-corrected chi connectivity index (χ0v) is 10.4. The van der Waals surface area contributed by atoms with Gasteiger partial charge in [0.05, 0.1) is 17.2 Å². The predicted octanol–water partition coefficient (Wildman–Crippen LogP) is 3.65. The average molecular weight is 228 g/mol. The van der Waals surface area contributed by atoms with Crippen molar-refractivity contribution in [2.75, 3.05) is 0 Å². The van der Waals surface area contributed by atoms with Crippen molar-refractivity contribution in [3.8, 4) is 0 Å². The van der Waals surface area contributed by atoms with Crippen LogP contribution >= 0.6 is 0 Å². The minimum absolute atomic E-state index is 0.0175. The second-order valence-corrected chi connectivity index (χ2v) is 5.78. The van der Waals surface area contributed by atoms with Crippen LogP contribution in [-0.4, -0.2) is 5.78 Å². The highest BCUT2D eigenvalue weighted by molar-refractivity contribution is 6.08. The molecule has 1 atom stereocenters. The van der Waals surface area contributed by atoms with E-state index in [0.717, 1.165) is 12.2 Å². The number of carbonyl (C=O) groups excluding carboxylic acids is 1. The fourth-order valence-corrected chi connectivity index (χ4v) is 3.15. The summed E-state index contributed by atoms with van der Waals surface area (Å²) in [5.41, 5.74) is 1.64. The Hall–Kier alpha value is -1.57. The topological polar surface area (TPSA) is 30.2 Å². The molecular weight excluding hydrogens is 212 g/mol. The lowest BCUT2D eigenvalue weighted by Crippen LogP contribution is -2.38. The van der Waals surface area contributed by atoms with E-state index in [4.69, 9.17) is 4.42 Å². The van der Waals surface area contributed by atoms with E-state index in [1.807, 2.05) is 0 Å². The highest BCUT2D eigenvalue weighted by atomic mass is 16.3. The number of furan rings is 1. The van der Waals surface area contributed by atoms with Gasteiger partial charge in [-0.1, -0.05) is 26.0 Å². The molecular formula is C15H16O2. The Kier molecular flexibility index (Phi) is 1.87. The largest absolute Gasteiger partial charge is 0.467 e. The molecule has 0 unspecified atom stereocenters. The first-order valence-electron chi connectivity index (χ1n) is 5.98. The third kappa shape index (κ3) is 1.24. The van der Waals surface area contributed by atoms with E-state index in [1.54, 1.807) is 18.4 Å². The monoisotopic (exact) mass is 228 g/mol.